The molecule has 7 nitrogen and oxygen atoms in total. The normalized spacial score (nSPS) is 12.0. The molecule has 2 amide bonds. The summed E-state index contributed by atoms with van der Waals surface area (Å²) >= 11 is 15.9. The third-order valence-corrected chi connectivity index (χ3v) is 8.96. The first-order valence-corrected chi connectivity index (χ1v) is 17.2. The maximum atomic E-state index is 13.9. The van der Waals surface area contributed by atoms with Crippen LogP contribution in [0.15, 0.2) is 77.3 Å². The molecule has 3 aromatic carbocycles. The van der Waals surface area contributed by atoms with E-state index < -0.39 is 16.1 Å². The number of benzene rings is 3. The van der Waals surface area contributed by atoms with E-state index in [1.54, 1.807) is 11.0 Å². The fourth-order valence-corrected chi connectivity index (χ4v) is 6.18. The summed E-state index contributed by atoms with van der Waals surface area (Å²) in [6.45, 7) is 2.81. The van der Waals surface area contributed by atoms with Crippen LogP contribution in [0.1, 0.15) is 43.7 Å². The highest BCUT2D eigenvalue weighted by Gasteiger charge is 2.30. The molecule has 42 heavy (non-hydrogen) atoms. The Morgan fingerprint density at radius 2 is 1.64 bits per heavy atom. The first kappa shape index (κ1) is 33.9. The largest absolute Gasteiger partial charge is 0.354 e. The summed E-state index contributed by atoms with van der Waals surface area (Å²) in [7, 11) is -3.71. The average molecular weight is 698 g/mol. The lowest BCUT2D eigenvalue weighted by Gasteiger charge is -2.32. The second-order valence-electron chi connectivity index (χ2n) is 10.0. The van der Waals surface area contributed by atoms with Crippen LogP contribution < -0.4 is 9.62 Å². The zero-order valence-electron chi connectivity index (χ0n) is 23.7. The molecule has 0 saturated heterocycles. The van der Waals surface area contributed by atoms with E-state index in [2.05, 4.69) is 21.2 Å². The summed E-state index contributed by atoms with van der Waals surface area (Å²) in [5, 5.41) is 3.59. The number of carbonyl (C=O) groups is 2. The van der Waals surface area contributed by atoms with Gasteiger partial charge < -0.3 is 10.2 Å². The SMILES string of the molecule is CCCCNC(=O)C(Cc1ccccc1)N(Cc1ccc(Br)cc1)C(=O)CCCN(c1cc(Cl)ccc1Cl)S(C)(=O)=O. The molecule has 0 radical (unpaired) electrons. The highest BCUT2D eigenvalue weighted by molar-refractivity contribution is 9.10. The predicted octanol–water partition coefficient (Wildman–Crippen LogP) is 6.86. The third-order valence-electron chi connectivity index (χ3n) is 6.70. The minimum atomic E-state index is -3.71. The summed E-state index contributed by atoms with van der Waals surface area (Å²) in [6.07, 6.45) is 3.42. The minimum absolute atomic E-state index is 0.0167. The predicted molar refractivity (Wildman–Crippen MR) is 174 cm³/mol. The number of hydrogen-bond donors (Lipinski definition) is 1. The Labute approximate surface area is 267 Å². The van der Waals surface area contributed by atoms with Crippen molar-refractivity contribution in [2.45, 2.75) is 51.6 Å². The van der Waals surface area contributed by atoms with E-state index in [4.69, 9.17) is 23.2 Å². The summed E-state index contributed by atoms with van der Waals surface area (Å²) in [6, 6.07) is 21.0. The molecular weight excluding hydrogens is 661 g/mol. The number of unbranched alkanes of at least 4 members (excludes halogenated alkanes) is 1. The van der Waals surface area contributed by atoms with Crippen LogP contribution >= 0.6 is 39.1 Å². The topological polar surface area (TPSA) is 86.8 Å². The van der Waals surface area contributed by atoms with Gasteiger partial charge in [0.1, 0.15) is 6.04 Å². The van der Waals surface area contributed by atoms with E-state index in [0.717, 1.165) is 39.0 Å². The standard InChI is InChI=1S/C31H36BrCl2N3O4S/c1-3-4-18-35-31(39)29(20-23-9-6-5-7-10-23)36(22-24-12-14-25(32)15-13-24)30(38)11-8-19-37(42(2,40)41)28-21-26(33)16-17-27(28)34/h5-7,9-10,12-17,21,29H,3-4,8,11,18-20,22H2,1-2H3,(H,35,39). The molecule has 1 unspecified atom stereocenters. The van der Waals surface area contributed by atoms with Crippen molar-refractivity contribution >= 4 is 66.7 Å². The van der Waals surface area contributed by atoms with Crippen LogP contribution in [0.4, 0.5) is 5.69 Å². The van der Waals surface area contributed by atoms with Gasteiger partial charge in [0.25, 0.3) is 0 Å². The van der Waals surface area contributed by atoms with Gasteiger partial charge in [0.05, 0.1) is 17.0 Å². The quantitative estimate of drug-likeness (QED) is 0.176. The summed E-state index contributed by atoms with van der Waals surface area (Å²) < 4.78 is 27.4. The van der Waals surface area contributed by atoms with E-state index in [1.165, 1.54) is 12.1 Å². The third kappa shape index (κ3) is 10.3. The average Bonchev–Trinajstić information content (AvgIpc) is 2.95. The number of amides is 2. The number of nitrogens with one attached hydrogen (secondary N) is 1. The van der Waals surface area contributed by atoms with E-state index in [-0.39, 0.29) is 48.5 Å². The Morgan fingerprint density at radius 1 is 0.952 bits per heavy atom. The zero-order chi connectivity index (χ0) is 30.7. The van der Waals surface area contributed by atoms with Crippen molar-refractivity contribution in [2.24, 2.45) is 0 Å². The van der Waals surface area contributed by atoms with Gasteiger partial charge in [-0.3, -0.25) is 13.9 Å². The van der Waals surface area contributed by atoms with Gasteiger partial charge in [-0.2, -0.15) is 0 Å². The number of anilines is 1. The van der Waals surface area contributed by atoms with Crippen molar-refractivity contribution in [3.05, 3.63) is 98.4 Å². The Kier molecular flexibility index (Phi) is 13.2. The lowest BCUT2D eigenvalue weighted by Crippen LogP contribution is -2.50. The Balaban J connectivity index is 1.88. The molecule has 3 aromatic rings. The molecule has 0 fully saturated rings. The number of halogens is 3. The molecule has 0 heterocycles. The van der Waals surface area contributed by atoms with E-state index in [9.17, 15) is 18.0 Å². The zero-order valence-corrected chi connectivity index (χ0v) is 27.6. The number of nitrogens with zero attached hydrogens (tertiary/aromatic N) is 2. The van der Waals surface area contributed by atoms with Crippen molar-refractivity contribution in [2.75, 3.05) is 23.7 Å². The van der Waals surface area contributed by atoms with Crippen LogP contribution in [0.3, 0.4) is 0 Å². The molecule has 11 heteroatoms. The van der Waals surface area contributed by atoms with Crippen molar-refractivity contribution in [3.63, 3.8) is 0 Å². The van der Waals surface area contributed by atoms with Gasteiger partial charge >= 0.3 is 0 Å². The Hall–Kier alpha value is -2.59. The lowest BCUT2D eigenvalue weighted by molar-refractivity contribution is -0.141. The van der Waals surface area contributed by atoms with Gasteiger partial charge in [0, 0.05) is 42.0 Å². The molecule has 0 aliphatic heterocycles. The van der Waals surface area contributed by atoms with Gasteiger partial charge in [0.15, 0.2) is 0 Å². The maximum absolute atomic E-state index is 13.9. The molecule has 1 N–H and O–H groups in total. The molecule has 1 atom stereocenters. The van der Waals surface area contributed by atoms with Crippen LogP contribution in [-0.2, 0) is 32.6 Å². The number of carbonyl (C=O) groups excluding carboxylic acids is 2. The number of rotatable bonds is 15. The maximum Gasteiger partial charge on any atom is 0.243 e. The molecule has 0 bridgehead atoms. The van der Waals surface area contributed by atoms with Gasteiger partial charge in [-0.15, -0.1) is 0 Å². The van der Waals surface area contributed by atoms with Gasteiger partial charge in [-0.25, -0.2) is 8.42 Å². The molecule has 3 rings (SSSR count). The van der Waals surface area contributed by atoms with Gasteiger partial charge in [-0.1, -0.05) is 94.9 Å². The smallest absolute Gasteiger partial charge is 0.243 e. The first-order valence-electron chi connectivity index (χ1n) is 13.8. The van der Waals surface area contributed by atoms with E-state index >= 15 is 0 Å². The first-order chi connectivity index (χ1) is 20.0. The van der Waals surface area contributed by atoms with Crippen LogP contribution in [0.2, 0.25) is 10.0 Å². The second-order valence-corrected chi connectivity index (χ2v) is 13.7. The van der Waals surface area contributed by atoms with Crippen LogP contribution in [0, 0.1) is 0 Å². The number of sulfonamides is 1. The highest BCUT2D eigenvalue weighted by Crippen LogP contribution is 2.31. The molecule has 0 aliphatic carbocycles. The Morgan fingerprint density at radius 3 is 2.29 bits per heavy atom. The second kappa shape index (κ2) is 16.3. The highest BCUT2D eigenvalue weighted by atomic mass is 79.9. The molecule has 226 valence electrons. The van der Waals surface area contributed by atoms with E-state index in [1.807, 2.05) is 61.5 Å². The molecule has 0 aromatic heterocycles. The van der Waals surface area contributed by atoms with E-state index in [0.29, 0.717) is 18.0 Å². The molecule has 0 saturated carbocycles. The van der Waals surface area contributed by atoms with Crippen LogP contribution in [0.5, 0.6) is 0 Å². The van der Waals surface area contributed by atoms with Crippen LogP contribution in [0.25, 0.3) is 0 Å². The Bertz CT molecular complexity index is 1440. The fourth-order valence-electron chi connectivity index (χ4n) is 4.51. The summed E-state index contributed by atoms with van der Waals surface area (Å²) in [4.78, 5) is 29.1. The lowest BCUT2D eigenvalue weighted by atomic mass is 10.0. The van der Waals surface area contributed by atoms with Crippen molar-refractivity contribution in [1.82, 2.24) is 10.2 Å². The van der Waals surface area contributed by atoms with Crippen molar-refractivity contribution < 1.29 is 18.0 Å². The van der Waals surface area contributed by atoms with Gasteiger partial charge in [-0.05, 0) is 54.3 Å². The molecule has 0 spiro atoms. The molecular formula is C31H36BrCl2N3O4S. The number of hydrogen-bond acceptors (Lipinski definition) is 4. The minimum Gasteiger partial charge on any atom is -0.354 e. The molecule has 0 aliphatic rings. The summed E-state index contributed by atoms with van der Waals surface area (Å²) in [5.41, 5.74) is 2.05. The van der Waals surface area contributed by atoms with Crippen molar-refractivity contribution in [1.29, 1.82) is 0 Å². The summed E-state index contributed by atoms with van der Waals surface area (Å²) in [5.74, 6) is -0.476. The monoisotopic (exact) mass is 695 g/mol. The van der Waals surface area contributed by atoms with Crippen LogP contribution in [-0.4, -0.2) is 50.5 Å². The van der Waals surface area contributed by atoms with Gasteiger partial charge in [0.2, 0.25) is 21.8 Å². The van der Waals surface area contributed by atoms with Crippen molar-refractivity contribution in [3.8, 4) is 0 Å². The fraction of sp³-hybridized carbons (Fsp3) is 0.355.